The Bertz CT molecular complexity index is 145. The Morgan fingerprint density at radius 1 is 1.69 bits per heavy atom. The molecule has 0 heterocycles. The normalized spacial score (nSPS) is 14.6. The highest BCUT2D eigenvalue weighted by atomic mass is 35.5. The molecule has 0 spiro atoms. The van der Waals surface area contributed by atoms with Crippen molar-refractivity contribution in [1.29, 1.82) is 0 Å². The first kappa shape index (κ1) is 12.9. The maximum absolute atomic E-state index is 8.75. The molecule has 0 aromatic heterocycles. The van der Waals surface area contributed by atoms with Crippen LogP contribution in [0.3, 0.4) is 0 Å². The van der Waals surface area contributed by atoms with Crippen LogP contribution in [0.4, 0.5) is 0 Å². The molecule has 0 saturated heterocycles. The highest BCUT2D eigenvalue weighted by molar-refractivity contribution is 6.25. The lowest BCUT2D eigenvalue weighted by Gasteiger charge is -2.16. The number of aliphatic hydroxyl groups excluding tert-OH is 1. The summed E-state index contributed by atoms with van der Waals surface area (Å²) >= 11 is 5.51. The van der Waals surface area contributed by atoms with Crippen molar-refractivity contribution in [1.82, 2.24) is 5.32 Å². The van der Waals surface area contributed by atoms with Crippen LogP contribution >= 0.6 is 11.6 Å². The highest BCUT2D eigenvalue weighted by Crippen LogP contribution is 1.96. The van der Waals surface area contributed by atoms with E-state index in [1.807, 2.05) is 6.92 Å². The van der Waals surface area contributed by atoms with Crippen molar-refractivity contribution >= 4 is 11.6 Å². The minimum Gasteiger partial charge on any atom is -0.396 e. The molecule has 0 aliphatic heterocycles. The number of methoxy groups -OCH3 is 1. The molecule has 13 heavy (non-hydrogen) atoms. The van der Waals surface area contributed by atoms with Gasteiger partial charge in [0.1, 0.15) is 0 Å². The van der Waals surface area contributed by atoms with Crippen molar-refractivity contribution in [3.05, 3.63) is 11.1 Å². The maximum atomic E-state index is 8.75. The quantitative estimate of drug-likeness (QED) is 0.658. The van der Waals surface area contributed by atoms with Crippen LogP contribution in [0.5, 0.6) is 0 Å². The zero-order chi connectivity index (χ0) is 10.1. The summed E-state index contributed by atoms with van der Waals surface area (Å²) in [6.45, 7) is 3.46. The van der Waals surface area contributed by atoms with E-state index < -0.39 is 0 Å². The molecule has 78 valence electrons. The Morgan fingerprint density at radius 3 is 2.85 bits per heavy atom. The molecular formula is C9H18ClNO2. The molecule has 0 fully saturated rings. The fraction of sp³-hybridized carbons (Fsp3) is 0.778. The summed E-state index contributed by atoms with van der Waals surface area (Å²) in [6.07, 6.45) is 0.698. The Kier molecular flexibility index (Phi) is 8.45. The van der Waals surface area contributed by atoms with Crippen molar-refractivity contribution in [3.8, 4) is 0 Å². The van der Waals surface area contributed by atoms with Gasteiger partial charge in [-0.25, -0.2) is 0 Å². The standard InChI is InChI=1S/C9H18ClNO2/c1-8(5-10)6-11-9(3-4-12)7-13-2/h5,9,11-12H,3-4,6-7H2,1-2H3. The van der Waals surface area contributed by atoms with Crippen LogP contribution in [-0.4, -0.2) is 38.0 Å². The zero-order valence-electron chi connectivity index (χ0n) is 8.22. The number of nitrogens with one attached hydrogen (secondary N) is 1. The zero-order valence-corrected chi connectivity index (χ0v) is 8.97. The van der Waals surface area contributed by atoms with Crippen LogP contribution in [0.25, 0.3) is 0 Å². The minimum absolute atomic E-state index is 0.171. The van der Waals surface area contributed by atoms with Gasteiger partial charge in [-0.05, 0) is 18.9 Å². The Balaban J connectivity index is 3.67. The van der Waals surface area contributed by atoms with Crippen LogP contribution in [0.1, 0.15) is 13.3 Å². The van der Waals surface area contributed by atoms with Crippen molar-refractivity contribution in [2.75, 3.05) is 26.9 Å². The average Bonchev–Trinajstić information content (AvgIpc) is 2.14. The molecule has 0 amide bonds. The van der Waals surface area contributed by atoms with Gasteiger partial charge >= 0.3 is 0 Å². The highest BCUT2D eigenvalue weighted by Gasteiger charge is 2.06. The Labute approximate surface area is 84.7 Å². The first-order valence-corrected chi connectivity index (χ1v) is 4.77. The first-order valence-electron chi connectivity index (χ1n) is 4.33. The Morgan fingerprint density at radius 2 is 2.38 bits per heavy atom. The number of hydrogen-bond donors (Lipinski definition) is 2. The fourth-order valence-corrected chi connectivity index (χ4v) is 1.02. The summed E-state index contributed by atoms with van der Waals surface area (Å²) in [5.41, 5.74) is 2.62. The number of ether oxygens (including phenoxy) is 1. The first-order chi connectivity index (χ1) is 6.24. The second-order valence-corrected chi connectivity index (χ2v) is 3.22. The van der Waals surface area contributed by atoms with E-state index in [0.717, 1.165) is 12.1 Å². The molecular weight excluding hydrogens is 190 g/mol. The molecule has 0 bridgehead atoms. The molecule has 2 N–H and O–H groups in total. The van der Waals surface area contributed by atoms with Crippen molar-refractivity contribution in [2.24, 2.45) is 0 Å². The van der Waals surface area contributed by atoms with Crippen LogP contribution in [-0.2, 0) is 4.74 Å². The van der Waals surface area contributed by atoms with Gasteiger partial charge < -0.3 is 15.2 Å². The molecule has 3 nitrogen and oxygen atoms in total. The summed E-state index contributed by atoms with van der Waals surface area (Å²) in [7, 11) is 1.65. The van der Waals surface area contributed by atoms with Crippen molar-refractivity contribution in [3.63, 3.8) is 0 Å². The molecule has 0 aromatic carbocycles. The average molecular weight is 208 g/mol. The van der Waals surface area contributed by atoms with Gasteiger partial charge in [0.2, 0.25) is 0 Å². The van der Waals surface area contributed by atoms with E-state index >= 15 is 0 Å². The second kappa shape index (κ2) is 8.51. The van der Waals surface area contributed by atoms with E-state index in [1.165, 1.54) is 0 Å². The van der Waals surface area contributed by atoms with E-state index in [2.05, 4.69) is 5.32 Å². The summed E-state index contributed by atoms with van der Waals surface area (Å²) in [6, 6.07) is 0.196. The molecule has 0 aromatic rings. The summed E-state index contributed by atoms with van der Waals surface area (Å²) in [5.74, 6) is 0. The lowest BCUT2D eigenvalue weighted by Crippen LogP contribution is -2.35. The molecule has 0 aliphatic carbocycles. The number of rotatable bonds is 7. The largest absolute Gasteiger partial charge is 0.396 e. The van der Waals surface area contributed by atoms with Crippen LogP contribution in [0, 0.1) is 0 Å². The predicted octanol–water partition coefficient (Wildman–Crippen LogP) is 1.12. The third kappa shape index (κ3) is 7.02. The maximum Gasteiger partial charge on any atom is 0.0616 e. The van der Waals surface area contributed by atoms with E-state index in [9.17, 15) is 0 Å². The van der Waals surface area contributed by atoms with Crippen molar-refractivity contribution < 1.29 is 9.84 Å². The molecule has 0 radical (unpaired) electrons. The molecule has 4 heteroatoms. The van der Waals surface area contributed by atoms with E-state index in [1.54, 1.807) is 12.6 Å². The van der Waals surface area contributed by atoms with Crippen molar-refractivity contribution in [2.45, 2.75) is 19.4 Å². The molecule has 0 rings (SSSR count). The number of aliphatic hydroxyl groups is 1. The molecule has 1 atom stereocenters. The summed E-state index contributed by atoms with van der Waals surface area (Å²) < 4.78 is 5.00. The lowest BCUT2D eigenvalue weighted by atomic mass is 10.2. The van der Waals surface area contributed by atoms with Gasteiger partial charge in [0.15, 0.2) is 0 Å². The number of hydrogen-bond acceptors (Lipinski definition) is 3. The van der Waals surface area contributed by atoms with E-state index in [4.69, 9.17) is 21.4 Å². The van der Waals surface area contributed by atoms with Crippen LogP contribution < -0.4 is 5.32 Å². The van der Waals surface area contributed by atoms with Crippen LogP contribution in [0.15, 0.2) is 11.1 Å². The monoisotopic (exact) mass is 207 g/mol. The lowest BCUT2D eigenvalue weighted by molar-refractivity contribution is 0.150. The van der Waals surface area contributed by atoms with Gasteiger partial charge in [0, 0.05) is 31.8 Å². The third-order valence-electron chi connectivity index (χ3n) is 1.70. The summed E-state index contributed by atoms with van der Waals surface area (Å²) in [5, 5.41) is 12.0. The summed E-state index contributed by atoms with van der Waals surface area (Å²) in [4.78, 5) is 0. The van der Waals surface area contributed by atoms with Gasteiger partial charge in [-0.1, -0.05) is 11.6 Å². The van der Waals surface area contributed by atoms with Gasteiger partial charge in [0.25, 0.3) is 0 Å². The SMILES string of the molecule is COCC(CCO)NCC(C)=CCl. The van der Waals surface area contributed by atoms with Gasteiger partial charge in [-0.3, -0.25) is 0 Å². The fourth-order valence-electron chi connectivity index (χ4n) is 0.945. The third-order valence-corrected chi connectivity index (χ3v) is 2.07. The van der Waals surface area contributed by atoms with E-state index in [-0.39, 0.29) is 12.6 Å². The van der Waals surface area contributed by atoms with Gasteiger partial charge in [0.05, 0.1) is 6.61 Å². The molecule has 0 aliphatic rings. The topological polar surface area (TPSA) is 41.5 Å². The molecule has 1 unspecified atom stereocenters. The van der Waals surface area contributed by atoms with Gasteiger partial charge in [-0.15, -0.1) is 0 Å². The molecule has 0 saturated carbocycles. The predicted molar refractivity (Wildman–Crippen MR) is 55.0 cm³/mol. The Hall–Kier alpha value is -0.0900. The van der Waals surface area contributed by atoms with Crippen LogP contribution in [0.2, 0.25) is 0 Å². The second-order valence-electron chi connectivity index (χ2n) is 3.00. The minimum atomic E-state index is 0.171. The number of halogens is 1. The smallest absolute Gasteiger partial charge is 0.0616 e. The van der Waals surface area contributed by atoms with Gasteiger partial charge in [-0.2, -0.15) is 0 Å². The van der Waals surface area contributed by atoms with E-state index in [0.29, 0.717) is 13.0 Å².